The van der Waals surface area contributed by atoms with Crippen molar-refractivity contribution in [2.24, 2.45) is 4.99 Å². The lowest BCUT2D eigenvalue weighted by Gasteiger charge is -2.13. The number of carboxylic acid groups (broad SMARTS) is 3. The van der Waals surface area contributed by atoms with Crippen molar-refractivity contribution >= 4 is 24.3 Å². The first-order valence-corrected chi connectivity index (χ1v) is 9.26. The van der Waals surface area contributed by atoms with Crippen LogP contribution in [0.3, 0.4) is 0 Å². The Hall–Kier alpha value is -4.53. The van der Waals surface area contributed by atoms with Gasteiger partial charge in [-0.25, -0.2) is 19.4 Å². The van der Waals surface area contributed by atoms with E-state index in [1.54, 1.807) is 85.2 Å². The van der Waals surface area contributed by atoms with E-state index in [1.807, 2.05) is 0 Å². The Morgan fingerprint density at radius 1 is 0.750 bits per heavy atom. The van der Waals surface area contributed by atoms with Gasteiger partial charge in [0, 0.05) is 18.0 Å². The van der Waals surface area contributed by atoms with Gasteiger partial charge >= 0.3 is 17.9 Å². The van der Waals surface area contributed by atoms with Crippen LogP contribution in [0.1, 0.15) is 32.4 Å². The van der Waals surface area contributed by atoms with Gasteiger partial charge < -0.3 is 20.1 Å². The zero-order chi connectivity index (χ0) is 23.3. The third kappa shape index (κ3) is 7.38. The molecule has 0 radical (unpaired) electrons. The first-order chi connectivity index (χ1) is 15.4. The minimum absolute atomic E-state index is 0.331. The number of aromatic carboxylic acids is 2. The molecule has 4 rings (SSSR count). The fourth-order valence-electron chi connectivity index (χ4n) is 2.48. The summed E-state index contributed by atoms with van der Waals surface area (Å²) in [4.78, 5) is 38.8. The van der Waals surface area contributed by atoms with Gasteiger partial charge in [-0.2, -0.15) is 0 Å². The van der Waals surface area contributed by atoms with Crippen LogP contribution in [-0.4, -0.2) is 50.7 Å². The number of hydrogen-bond acceptors (Lipinski definition) is 6. The largest absolute Gasteiger partial charge is 0.480 e. The van der Waals surface area contributed by atoms with Gasteiger partial charge in [0.25, 0.3) is 0 Å². The smallest absolute Gasteiger partial charge is 0.335 e. The molecule has 2 aromatic carbocycles. The van der Waals surface area contributed by atoms with E-state index in [4.69, 9.17) is 20.1 Å². The summed E-state index contributed by atoms with van der Waals surface area (Å²) in [5, 5.41) is 25.6. The zero-order valence-electron chi connectivity index (χ0n) is 16.7. The van der Waals surface area contributed by atoms with Crippen LogP contribution in [-0.2, 0) is 9.53 Å². The average Bonchev–Trinajstić information content (AvgIpc) is 3.32. The number of pyridine rings is 1. The van der Waals surface area contributed by atoms with E-state index < -0.39 is 30.1 Å². The highest BCUT2D eigenvalue weighted by atomic mass is 16.5. The summed E-state index contributed by atoms with van der Waals surface area (Å²) in [5.41, 5.74) is 1.38. The number of ether oxygens (including phenoxy) is 1. The van der Waals surface area contributed by atoms with E-state index in [0.717, 1.165) is 5.56 Å². The van der Waals surface area contributed by atoms with Crippen LogP contribution in [0.2, 0.25) is 0 Å². The molecule has 1 aliphatic rings. The molecule has 164 valence electrons. The second kappa shape index (κ2) is 12.2. The maximum absolute atomic E-state index is 10.8. The Morgan fingerprint density at radius 3 is 1.66 bits per heavy atom. The Labute approximate surface area is 183 Å². The molecule has 0 spiro atoms. The second-order valence-corrected chi connectivity index (χ2v) is 6.22. The summed E-state index contributed by atoms with van der Waals surface area (Å²) in [6.07, 6.45) is 3.82. The number of aliphatic imine (C=N–C) groups is 1. The average molecular weight is 436 g/mol. The maximum Gasteiger partial charge on any atom is 0.335 e. The van der Waals surface area contributed by atoms with E-state index in [0.29, 0.717) is 11.1 Å². The summed E-state index contributed by atoms with van der Waals surface area (Å²) >= 11 is 0. The molecule has 1 aliphatic heterocycles. The number of benzene rings is 2. The molecule has 0 aliphatic carbocycles. The van der Waals surface area contributed by atoms with E-state index in [9.17, 15) is 14.4 Å². The van der Waals surface area contributed by atoms with Gasteiger partial charge in [0.15, 0.2) is 18.5 Å². The summed E-state index contributed by atoms with van der Waals surface area (Å²) in [5.74, 6) is -2.75. The van der Waals surface area contributed by atoms with Crippen molar-refractivity contribution in [1.82, 2.24) is 4.98 Å². The minimum atomic E-state index is -0.993. The van der Waals surface area contributed by atoms with Crippen molar-refractivity contribution in [2.75, 3.05) is 0 Å². The van der Waals surface area contributed by atoms with Gasteiger partial charge in [-0.1, -0.05) is 42.5 Å². The van der Waals surface area contributed by atoms with Gasteiger partial charge in [0.2, 0.25) is 0 Å². The molecule has 0 fully saturated rings. The molecule has 32 heavy (non-hydrogen) atoms. The fourth-order valence-corrected chi connectivity index (χ4v) is 2.48. The minimum Gasteiger partial charge on any atom is -0.480 e. The van der Waals surface area contributed by atoms with E-state index in [-0.39, 0.29) is 0 Å². The number of aromatic nitrogens is 1. The third-order valence-electron chi connectivity index (χ3n) is 4.02. The highest BCUT2D eigenvalue weighted by Gasteiger charge is 2.33. The second-order valence-electron chi connectivity index (χ2n) is 6.22. The van der Waals surface area contributed by atoms with Crippen molar-refractivity contribution in [3.63, 3.8) is 0 Å². The van der Waals surface area contributed by atoms with Gasteiger partial charge in [0.1, 0.15) is 0 Å². The van der Waals surface area contributed by atoms with Crippen LogP contribution in [0.15, 0.2) is 90.2 Å². The van der Waals surface area contributed by atoms with Crippen LogP contribution in [0.5, 0.6) is 0 Å². The maximum atomic E-state index is 10.8. The summed E-state index contributed by atoms with van der Waals surface area (Å²) in [6, 6.07) is 19.2. The molecule has 0 bridgehead atoms. The number of nitrogens with zero attached hydrogens (tertiary/aromatic N) is 2. The highest BCUT2D eigenvalue weighted by Crippen LogP contribution is 2.26. The zero-order valence-corrected chi connectivity index (χ0v) is 16.7. The van der Waals surface area contributed by atoms with Gasteiger partial charge in [-0.3, -0.25) is 4.98 Å². The first kappa shape index (κ1) is 23.7. The lowest BCUT2D eigenvalue weighted by molar-refractivity contribution is -0.140. The van der Waals surface area contributed by atoms with E-state index in [1.165, 1.54) is 6.40 Å². The Balaban J connectivity index is 0.000000178. The highest BCUT2D eigenvalue weighted by molar-refractivity contribution is 5.87. The lowest BCUT2D eigenvalue weighted by atomic mass is 10.1. The van der Waals surface area contributed by atoms with Crippen molar-refractivity contribution < 1.29 is 34.4 Å². The van der Waals surface area contributed by atoms with Gasteiger partial charge in [0.05, 0.1) is 11.1 Å². The first-order valence-electron chi connectivity index (χ1n) is 9.26. The molecule has 3 aromatic rings. The van der Waals surface area contributed by atoms with Crippen LogP contribution in [0.4, 0.5) is 0 Å². The number of rotatable bonds is 4. The van der Waals surface area contributed by atoms with E-state index >= 15 is 0 Å². The standard InChI is InChI=1S/C9H8N2O3.2C7H6O2/c12-9(13)7-8(14-5-11-7)6-2-1-3-10-4-6;2*8-7(9)6-4-2-1-3-5-6/h1-5,7-8H,(H,12,13);2*1-5H,(H,8,9)/t7-,8+;;/m0../s1. The third-order valence-corrected chi connectivity index (χ3v) is 4.02. The monoisotopic (exact) mass is 436 g/mol. The van der Waals surface area contributed by atoms with Gasteiger partial charge in [-0.05, 0) is 30.3 Å². The van der Waals surface area contributed by atoms with Crippen molar-refractivity contribution in [3.8, 4) is 0 Å². The van der Waals surface area contributed by atoms with Crippen LogP contribution < -0.4 is 0 Å². The predicted octanol–water partition coefficient (Wildman–Crippen LogP) is 3.40. The van der Waals surface area contributed by atoms with Crippen LogP contribution >= 0.6 is 0 Å². The Morgan fingerprint density at radius 2 is 1.28 bits per heavy atom. The molecule has 3 N–H and O–H groups in total. The summed E-state index contributed by atoms with van der Waals surface area (Å²) in [6.45, 7) is 0. The van der Waals surface area contributed by atoms with Gasteiger partial charge in [-0.15, -0.1) is 0 Å². The SMILES string of the molecule is O=C(O)[C@H]1N=CO[C@@H]1c1cccnc1.O=C(O)c1ccccc1.O=C(O)c1ccccc1. The van der Waals surface area contributed by atoms with Crippen LogP contribution in [0.25, 0.3) is 0 Å². The molecule has 0 amide bonds. The van der Waals surface area contributed by atoms with E-state index in [2.05, 4.69) is 9.98 Å². The summed E-state index contributed by atoms with van der Waals surface area (Å²) in [7, 11) is 0. The normalized spacial score (nSPS) is 15.8. The molecule has 0 saturated carbocycles. The predicted molar refractivity (Wildman–Crippen MR) is 115 cm³/mol. The molecule has 0 saturated heterocycles. The summed E-state index contributed by atoms with van der Waals surface area (Å²) < 4.78 is 5.10. The number of aliphatic carboxylic acids is 1. The molecule has 2 heterocycles. The number of hydrogen-bond donors (Lipinski definition) is 3. The molecule has 9 nitrogen and oxygen atoms in total. The topological polar surface area (TPSA) is 146 Å². The molecular formula is C23H20N2O7. The lowest BCUT2D eigenvalue weighted by Crippen LogP contribution is -2.23. The molecule has 1 aromatic heterocycles. The molecule has 9 heteroatoms. The molecule has 2 atom stereocenters. The van der Waals surface area contributed by atoms with Crippen LogP contribution in [0, 0.1) is 0 Å². The molecule has 0 unspecified atom stereocenters. The number of carboxylic acids is 3. The van der Waals surface area contributed by atoms with Crippen molar-refractivity contribution in [2.45, 2.75) is 12.1 Å². The quantitative estimate of drug-likeness (QED) is 0.564. The number of carbonyl (C=O) groups is 3. The Bertz CT molecular complexity index is 992. The van der Waals surface area contributed by atoms with Crippen molar-refractivity contribution in [1.29, 1.82) is 0 Å². The fraction of sp³-hybridized carbons (Fsp3) is 0.0870. The Kier molecular flexibility index (Phi) is 9.08. The van der Waals surface area contributed by atoms with Crippen molar-refractivity contribution in [3.05, 3.63) is 102 Å². The molecular weight excluding hydrogens is 416 g/mol.